The molecule has 1 aliphatic rings. The molecule has 1 heterocycles. The summed E-state index contributed by atoms with van der Waals surface area (Å²) in [5.41, 5.74) is 1.77. The minimum absolute atomic E-state index is 0.0164. The average Bonchev–Trinajstić information content (AvgIpc) is 2.84. The Kier molecular flexibility index (Phi) is 12.9. The van der Waals surface area contributed by atoms with E-state index in [0.29, 0.717) is 35.1 Å². The number of ketones is 2. The van der Waals surface area contributed by atoms with Crippen molar-refractivity contribution in [2.24, 2.45) is 11.8 Å². The molecule has 7 nitrogen and oxygen atoms in total. The molecule has 1 unspecified atom stereocenters. The second-order valence-electron chi connectivity index (χ2n) is 8.95. The molecule has 2 rings (SSSR count). The monoisotopic (exact) mass is 510 g/mol. The van der Waals surface area contributed by atoms with Crippen molar-refractivity contribution in [2.75, 3.05) is 0 Å². The lowest BCUT2D eigenvalue weighted by atomic mass is 9.91. The molecule has 1 aromatic rings. The van der Waals surface area contributed by atoms with Gasteiger partial charge in [0.2, 0.25) is 17.7 Å². The molecule has 0 radical (unpaired) electrons. The Morgan fingerprint density at radius 1 is 1.24 bits per heavy atom. The van der Waals surface area contributed by atoms with Crippen molar-refractivity contribution in [3.05, 3.63) is 58.4 Å². The zero-order chi connectivity index (χ0) is 28.1. The molecule has 1 fully saturated rings. The van der Waals surface area contributed by atoms with Crippen LogP contribution >= 0.6 is 0 Å². The summed E-state index contributed by atoms with van der Waals surface area (Å²) in [6.07, 6.45) is 4.03. The standard InChI is InChI=1S/C23H26FNO3.C6H9NO2/c1-6-9-19(24)12-17(7-2)13-21(27)25-14-18-10-8-11-20(22(18)16(5)26)23(28)15(3)4;1-4-2-3-5(8)7-6(4)9/h7-8,10-12,15H,13-14H2,1-5H3,(H,25,27);4H,2-3H2,1H3,(H,7,8,9)/b17-7+,19-12+;. The molecule has 0 saturated carbocycles. The van der Waals surface area contributed by atoms with Gasteiger partial charge >= 0.3 is 0 Å². The summed E-state index contributed by atoms with van der Waals surface area (Å²) in [6, 6.07) is 5.04. The number of hydrogen-bond acceptors (Lipinski definition) is 5. The number of carbonyl (C=O) groups is 5. The number of allylic oxidation sites excluding steroid dienone is 3. The van der Waals surface area contributed by atoms with Gasteiger partial charge in [-0.25, -0.2) is 0 Å². The molecule has 8 heteroatoms. The van der Waals surface area contributed by atoms with Gasteiger partial charge in [-0.1, -0.05) is 51.0 Å². The number of Topliss-reactive ketones (excluding diaryl/α,β-unsaturated/α-hetero) is 2. The molecule has 0 aromatic heterocycles. The summed E-state index contributed by atoms with van der Waals surface area (Å²) in [4.78, 5) is 57.9. The topological polar surface area (TPSA) is 109 Å². The van der Waals surface area contributed by atoms with E-state index < -0.39 is 5.83 Å². The normalized spacial score (nSPS) is 15.6. The Morgan fingerprint density at radius 2 is 1.92 bits per heavy atom. The number of imide groups is 1. The van der Waals surface area contributed by atoms with Crippen LogP contribution in [-0.2, 0) is 20.9 Å². The number of benzene rings is 1. The van der Waals surface area contributed by atoms with Gasteiger partial charge in [0, 0.05) is 35.9 Å². The minimum atomic E-state index is -0.609. The third-order valence-electron chi connectivity index (χ3n) is 5.58. The van der Waals surface area contributed by atoms with Crippen LogP contribution in [0.1, 0.15) is 87.1 Å². The zero-order valence-electron chi connectivity index (χ0n) is 22.3. The maximum Gasteiger partial charge on any atom is 0.229 e. The van der Waals surface area contributed by atoms with E-state index in [9.17, 15) is 28.4 Å². The van der Waals surface area contributed by atoms with Crippen LogP contribution in [-0.4, -0.2) is 29.3 Å². The summed E-state index contributed by atoms with van der Waals surface area (Å²) < 4.78 is 13.5. The minimum Gasteiger partial charge on any atom is -0.352 e. The first kappa shape index (κ1) is 31.2. The fourth-order valence-electron chi connectivity index (χ4n) is 3.48. The van der Waals surface area contributed by atoms with Crippen LogP contribution in [0.15, 0.2) is 41.8 Å². The SMILES string of the molecule is CC#C/C(F)=C\C(=C/C)CC(=O)NCc1cccc(C(=O)C(C)C)c1C(C)=O.CC1CCC(=O)NC1=O. The molecule has 3 amide bonds. The molecular weight excluding hydrogens is 475 g/mol. The summed E-state index contributed by atoms with van der Waals surface area (Å²) in [6.45, 7) is 10.1. The van der Waals surface area contributed by atoms with Gasteiger partial charge in [-0.05, 0) is 50.3 Å². The Labute approximate surface area is 218 Å². The number of halogens is 1. The molecule has 0 aliphatic carbocycles. The highest BCUT2D eigenvalue weighted by atomic mass is 19.1. The fourth-order valence-corrected chi connectivity index (χ4v) is 3.48. The van der Waals surface area contributed by atoms with Gasteiger partial charge in [-0.2, -0.15) is 4.39 Å². The third kappa shape index (κ3) is 10.3. The number of amides is 3. The van der Waals surface area contributed by atoms with Gasteiger partial charge < -0.3 is 5.32 Å². The van der Waals surface area contributed by atoms with Crippen molar-refractivity contribution in [2.45, 2.75) is 67.3 Å². The maximum absolute atomic E-state index is 13.5. The second-order valence-corrected chi connectivity index (χ2v) is 8.95. The predicted octanol–water partition coefficient (Wildman–Crippen LogP) is 4.62. The van der Waals surface area contributed by atoms with Gasteiger partial charge in [-0.15, -0.1) is 0 Å². The van der Waals surface area contributed by atoms with Crippen molar-refractivity contribution >= 4 is 29.3 Å². The van der Waals surface area contributed by atoms with E-state index in [4.69, 9.17) is 0 Å². The highest BCUT2D eigenvalue weighted by molar-refractivity contribution is 6.09. The molecule has 0 bridgehead atoms. The van der Waals surface area contributed by atoms with E-state index in [1.165, 1.54) is 19.9 Å². The Balaban J connectivity index is 0.000000635. The van der Waals surface area contributed by atoms with Crippen LogP contribution in [0.2, 0.25) is 0 Å². The van der Waals surface area contributed by atoms with Crippen LogP contribution in [0.25, 0.3) is 0 Å². The number of hydrogen-bond donors (Lipinski definition) is 2. The van der Waals surface area contributed by atoms with Crippen LogP contribution in [0.5, 0.6) is 0 Å². The number of piperidine rings is 1. The zero-order valence-corrected chi connectivity index (χ0v) is 22.3. The van der Waals surface area contributed by atoms with E-state index in [2.05, 4.69) is 22.5 Å². The van der Waals surface area contributed by atoms with E-state index in [-0.39, 0.29) is 54.1 Å². The van der Waals surface area contributed by atoms with Crippen molar-refractivity contribution in [3.63, 3.8) is 0 Å². The lowest BCUT2D eigenvalue weighted by Gasteiger charge is -2.15. The third-order valence-corrected chi connectivity index (χ3v) is 5.58. The maximum atomic E-state index is 13.5. The Morgan fingerprint density at radius 3 is 2.43 bits per heavy atom. The van der Waals surface area contributed by atoms with Crippen LogP contribution in [0, 0.1) is 23.7 Å². The van der Waals surface area contributed by atoms with Gasteiger partial charge in [0.1, 0.15) is 0 Å². The molecule has 37 heavy (non-hydrogen) atoms. The summed E-state index contributed by atoms with van der Waals surface area (Å²) in [5, 5.41) is 4.98. The Bertz CT molecular complexity index is 1170. The number of rotatable bonds is 8. The first-order valence-corrected chi connectivity index (χ1v) is 12.1. The predicted molar refractivity (Wildman–Crippen MR) is 140 cm³/mol. The van der Waals surface area contributed by atoms with E-state index in [1.54, 1.807) is 45.0 Å². The van der Waals surface area contributed by atoms with Crippen LogP contribution < -0.4 is 10.6 Å². The Hall–Kier alpha value is -3.86. The number of carbonyl (C=O) groups excluding carboxylic acids is 5. The largest absolute Gasteiger partial charge is 0.352 e. The molecule has 1 aromatic carbocycles. The molecule has 1 saturated heterocycles. The van der Waals surface area contributed by atoms with Crippen LogP contribution in [0.4, 0.5) is 4.39 Å². The summed E-state index contributed by atoms with van der Waals surface area (Å²) in [7, 11) is 0. The van der Waals surface area contributed by atoms with Crippen molar-refractivity contribution in [1.82, 2.24) is 10.6 Å². The highest BCUT2D eigenvalue weighted by Gasteiger charge is 2.22. The van der Waals surface area contributed by atoms with Gasteiger partial charge in [-0.3, -0.25) is 29.3 Å². The number of nitrogens with one attached hydrogen (secondary N) is 2. The van der Waals surface area contributed by atoms with Gasteiger partial charge in [0.15, 0.2) is 17.4 Å². The van der Waals surface area contributed by atoms with Crippen molar-refractivity contribution in [3.8, 4) is 11.8 Å². The molecule has 2 N–H and O–H groups in total. The molecule has 0 spiro atoms. The van der Waals surface area contributed by atoms with E-state index in [1.807, 2.05) is 6.92 Å². The highest BCUT2D eigenvalue weighted by Crippen LogP contribution is 2.20. The van der Waals surface area contributed by atoms with Crippen molar-refractivity contribution < 1.29 is 28.4 Å². The van der Waals surface area contributed by atoms with Gasteiger partial charge in [0.25, 0.3) is 0 Å². The summed E-state index contributed by atoms with van der Waals surface area (Å²) >= 11 is 0. The van der Waals surface area contributed by atoms with E-state index in [0.717, 1.165) is 0 Å². The quantitative estimate of drug-likeness (QED) is 0.230. The average molecular weight is 511 g/mol. The molecule has 1 aliphatic heterocycles. The lowest BCUT2D eigenvalue weighted by Crippen LogP contribution is -2.39. The smallest absolute Gasteiger partial charge is 0.229 e. The fraction of sp³-hybridized carbons (Fsp3) is 0.414. The molecule has 1 atom stereocenters. The summed E-state index contributed by atoms with van der Waals surface area (Å²) in [5.74, 6) is 2.96. The lowest BCUT2D eigenvalue weighted by molar-refractivity contribution is -0.135. The second kappa shape index (κ2) is 15.3. The van der Waals surface area contributed by atoms with Gasteiger partial charge in [0.05, 0.1) is 6.42 Å². The molecule has 198 valence electrons. The van der Waals surface area contributed by atoms with Crippen molar-refractivity contribution in [1.29, 1.82) is 0 Å². The molecular formula is C29H35FN2O5. The first-order valence-electron chi connectivity index (χ1n) is 12.1. The first-order chi connectivity index (χ1) is 17.4. The van der Waals surface area contributed by atoms with E-state index >= 15 is 0 Å². The van der Waals surface area contributed by atoms with Crippen LogP contribution in [0.3, 0.4) is 0 Å².